The first-order valence-electron chi connectivity index (χ1n) is 17.7. The maximum Gasteiger partial charge on any atom is 0.0720 e. The van der Waals surface area contributed by atoms with Crippen LogP contribution in [0.5, 0.6) is 0 Å². The second-order valence-electron chi connectivity index (χ2n) is 13.6. The summed E-state index contributed by atoms with van der Waals surface area (Å²) in [4.78, 5) is 0. The summed E-state index contributed by atoms with van der Waals surface area (Å²) in [6.07, 6.45) is 0. The van der Waals surface area contributed by atoms with Crippen LogP contribution in [0.2, 0.25) is 0 Å². The number of benzene rings is 8. The second kappa shape index (κ2) is 10.7. The fourth-order valence-electron chi connectivity index (χ4n) is 8.71. The van der Waals surface area contributed by atoms with Gasteiger partial charge in [-0.15, -0.1) is 22.7 Å². The van der Waals surface area contributed by atoms with Gasteiger partial charge in [-0.05, 0) is 48.0 Å². The van der Waals surface area contributed by atoms with Crippen LogP contribution >= 0.6 is 22.7 Å². The number of fused-ring (bicyclic) bond motifs is 14. The predicted octanol–water partition coefficient (Wildman–Crippen LogP) is 14.3. The van der Waals surface area contributed by atoms with Crippen molar-refractivity contribution in [3.8, 4) is 22.5 Å². The van der Waals surface area contributed by atoms with Crippen LogP contribution in [0.1, 0.15) is 0 Å². The lowest BCUT2D eigenvalue weighted by molar-refractivity contribution is 1.18. The summed E-state index contributed by atoms with van der Waals surface area (Å²) < 4.78 is 10.3. The van der Waals surface area contributed by atoms with E-state index in [1.165, 1.54) is 101 Å². The molecule has 8 aromatic carbocycles. The molecule has 0 radical (unpaired) electrons. The third-order valence-electron chi connectivity index (χ3n) is 10.9. The molecule has 4 aromatic heterocycles. The SMILES string of the molecule is c1cc(-c2ccccc2-n2c3ccccc3c3ccc4c5ccccc5sc4c32)cc(-n2c3ccccc3c3ccc4c5ccccc5sc4c32)c1. The lowest BCUT2D eigenvalue weighted by Gasteiger charge is -2.16. The van der Waals surface area contributed by atoms with Crippen LogP contribution in [0, 0.1) is 0 Å². The van der Waals surface area contributed by atoms with Crippen molar-refractivity contribution < 1.29 is 0 Å². The zero-order valence-corrected chi connectivity index (χ0v) is 29.5. The molecule has 4 heteroatoms. The Bertz CT molecular complexity index is 3420. The standard InChI is InChI=1S/C48H28N2S2/c1-6-19-40(50-42-21-8-3-16-33(42)37-25-27-39-35-18-5-10-23-44(35)52-48(39)46(37)50)31(14-1)29-12-11-13-30(28-29)49-41-20-7-2-15-32(41)36-24-26-38-34-17-4-9-22-43(34)51-47(38)45(36)49/h1-28H. The average molecular weight is 697 g/mol. The molecule has 0 aliphatic carbocycles. The van der Waals surface area contributed by atoms with E-state index in [0.29, 0.717) is 0 Å². The van der Waals surface area contributed by atoms with Gasteiger partial charge in [0.25, 0.3) is 0 Å². The van der Waals surface area contributed by atoms with Gasteiger partial charge in [0.05, 0.1) is 37.2 Å². The number of para-hydroxylation sites is 3. The van der Waals surface area contributed by atoms with Gasteiger partial charge in [0.2, 0.25) is 0 Å². The number of rotatable bonds is 3. The molecule has 0 atom stereocenters. The van der Waals surface area contributed by atoms with E-state index in [-0.39, 0.29) is 0 Å². The highest BCUT2D eigenvalue weighted by Gasteiger charge is 2.21. The smallest absolute Gasteiger partial charge is 0.0720 e. The highest BCUT2D eigenvalue weighted by Crippen LogP contribution is 2.46. The molecule has 0 saturated heterocycles. The minimum atomic E-state index is 1.16. The summed E-state index contributed by atoms with van der Waals surface area (Å²) in [5.41, 5.74) is 9.75. The molecular formula is C48H28N2S2. The summed E-state index contributed by atoms with van der Waals surface area (Å²) in [7, 11) is 0. The van der Waals surface area contributed by atoms with Crippen molar-refractivity contribution in [2.75, 3.05) is 0 Å². The normalized spacial score (nSPS) is 12.2. The Morgan fingerprint density at radius 3 is 1.50 bits per heavy atom. The molecule has 0 aliphatic heterocycles. The summed E-state index contributed by atoms with van der Waals surface area (Å²) >= 11 is 3.80. The monoisotopic (exact) mass is 696 g/mol. The molecular weight excluding hydrogens is 669 g/mol. The third kappa shape index (κ3) is 3.83. The fourth-order valence-corrected chi connectivity index (χ4v) is 11.2. The fraction of sp³-hybridized carbons (Fsp3) is 0. The quantitative estimate of drug-likeness (QED) is 0.174. The van der Waals surface area contributed by atoms with Crippen molar-refractivity contribution in [1.29, 1.82) is 0 Å². The van der Waals surface area contributed by atoms with Crippen LogP contribution in [0.4, 0.5) is 0 Å². The zero-order chi connectivity index (χ0) is 33.9. The maximum absolute atomic E-state index is 2.52. The molecule has 12 aromatic rings. The molecule has 0 aliphatic rings. The number of nitrogens with zero attached hydrogens (tertiary/aromatic N) is 2. The molecule has 0 bridgehead atoms. The van der Waals surface area contributed by atoms with E-state index in [0.717, 1.165) is 5.69 Å². The van der Waals surface area contributed by atoms with Crippen molar-refractivity contribution in [3.05, 3.63) is 170 Å². The molecule has 0 spiro atoms. The summed E-state index contributed by atoms with van der Waals surface area (Å²) in [5.74, 6) is 0. The Labute approximate surface area is 306 Å². The van der Waals surface area contributed by atoms with Gasteiger partial charge in [-0.25, -0.2) is 0 Å². The van der Waals surface area contributed by atoms with E-state index in [4.69, 9.17) is 0 Å². The van der Waals surface area contributed by atoms with Crippen LogP contribution < -0.4 is 0 Å². The van der Waals surface area contributed by atoms with E-state index in [9.17, 15) is 0 Å². The Balaban J connectivity index is 1.14. The van der Waals surface area contributed by atoms with E-state index in [2.05, 4.69) is 179 Å². The van der Waals surface area contributed by atoms with Crippen molar-refractivity contribution in [2.24, 2.45) is 0 Å². The Hall–Kier alpha value is -6.20. The average Bonchev–Trinajstić information content (AvgIpc) is 3.95. The molecule has 0 amide bonds. The van der Waals surface area contributed by atoms with Crippen molar-refractivity contribution in [1.82, 2.24) is 9.13 Å². The zero-order valence-electron chi connectivity index (χ0n) is 27.9. The molecule has 4 heterocycles. The number of hydrogen-bond donors (Lipinski definition) is 0. The van der Waals surface area contributed by atoms with E-state index in [1.54, 1.807) is 0 Å². The van der Waals surface area contributed by atoms with Crippen LogP contribution in [0.25, 0.3) is 106 Å². The maximum atomic E-state index is 2.52. The molecule has 12 rings (SSSR count). The van der Waals surface area contributed by atoms with Crippen molar-refractivity contribution in [2.45, 2.75) is 0 Å². The predicted molar refractivity (Wildman–Crippen MR) is 226 cm³/mol. The number of hydrogen-bond acceptors (Lipinski definition) is 2. The Kier molecular flexibility index (Phi) is 5.84. The van der Waals surface area contributed by atoms with E-state index < -0.39 is 0 Å². The molecule has 52 heavy (non-hydrogen) atoms. The first-order valence-corrected chi connectivity index (χ1v) is 19.3. The van der Waals surface area contributed by atoms with Gasteiger partial charge >= 0.3 is 0 Å². The highest BCUT2D eigenvalue weighted by molar-refractivity contribution is 7.27. The van der Waals surface area contributed by atoms with E-state index in [1.807, 2.05) is 22.7 Å². The minimum absolute atomic E-state index is 1.16. The molecule has 0 fully saturated rings. The van der Waals surface area contributed by atoms with Gasteiger partial charge in [-0.2, -0.15) is 0 Å². The van der Waals surface area contributed by atoms with Gasteiger partial charge in [0.1, 0.15) is 0 Å². The first kappa shape index (κ1) is 28.5. The van der Waals surface area contributed by atoms with Gasteiger partial charge in [-0.1, -0.05) is 127 Å². The molecule has 242 valence electrons. The molecule has 0 saturated carbocycles. The van der Waals surface area contributed by atoms with Gasteiger partial charge in [0.15, 0.2) is 0 Å². The molecule has 2 nitrogen and oxygen atoms in total. The first-order chi connectivity index (χ1) is 25.8. The Morgan fingerprint density at radius 2 is 0.846 bits per heavy atom. The van der Waals surface area contributed by atoms with Crippen molar-refractivity contribution >= 4 is 107 Å². The summed E-state index contributed by atoms with van der Waals surface area (Å²) in [5, 5.41) is 10.4. The van der Waals surface area contributed by atoms with Gasteiger partial charge < -0.3 is 9.13 Å². The van der Waals surface area contributed by atoms with E-state index >= 15 is 0 Å². The van der Waals surface area contributed by atoms with Gasteiger partial charge in [0, 0.05) is 63.7 Å². The minimum Gasteiger partial charge on any atom is -0.308 e. The Morgan fingerprint density at radius 1 is 0.346 bits per heavy atom. The van der Waals surface area contributed by atoms with Gasteiger partial charge in [-0.3, -0.25) is 0 Å². The number of thiophene rings is 2. The summed E-state index contributed by atoms with van der Waals surface area (Å²) in [6, 6.07) is 62.7. The van der Waals surface area contributed by atoms with Crippen LogP contribution in [0.3, 0.4) is 0 Å². The lowest BCUT2D eigenvalue weighted by atomic mass is 10.0. The molecule has 0 unspecified atom stereocenters. The molecule has 0 N–H and O–H groups in total. The highest BCUT2D eigenvalue weighted by atomic mass is 32.1. The largest absolute Gasteiger partial charge is 0.308 e. The van der Waals surface area contributed by atoms with Crippen LogP contribution in [0.15, 0.2) is 170 Å². The van der Waals surface area contributed by atoms with Crippen molar-refractivity contribution in [3.63, 3.8) is 0 Å². The number of aromatic nitrogens is 2. The van der Waals surface area contributed by atoms with Crippen LogP contribution in [-0.2, 0) is 0 Å². The third-order valence-corrected chi connectivity index (χ3v) is 13.3. The van der Waals surface area contributed by atoms with Crippen LogP contribution in [-0.4, -0.2) is 9.13 Å². The summed E-state index contributed by atoms with van der Waals surface area (Å²) in [6.45, 7) is 0. The topological polar surface area (TPSA) is 9.86 Å². The second-order valence-corrected chi connectivity index (χ2v) is 15.8. The lowest BCUT2D eigenvalue weighted by Crippen LogP contribution is -1.98.